The highest BCUT2D eigenvalue weighted by Crippen LogP contribution is 2.38. The van der Waals surface area contributed by atoms with Gasteiger partial charge in [0.25, 0.3) is 0 Å². The molecule has 1 fully saturated rings. The van der Waals surface area contributed by atoms with Crippen LogP contribution in [0.5, 0.6) is 0 Å². The maximum atomic E-state index is 13.1. The van der Waals surface area contributed by atoms with Gasteiger partial charge in [0.05, 0.1) is 25.0 Å². The number of nitrogens with zero attached hydrogens (tertiary/aromatic N) is 4. The summed E-state index contributed by atoms with van der Waals surface area (Å²) in [7, 11) is 0.0772. The van der Waals surface area contributed by atoms with E-state index in [9.17, 15) is 9.18 Å². The second-order valence-corrected chi connectivity index (χ2v) is 14.8. The van der Waals surface area contributed by atoms with Crippen molar-refractivity contribution in [2.24, 2.45) is 0 Å². The molecule has 0 aliphatic carbocycles. The quantitative estimate of drug-likeness (QED) is 0.657. The van der Waals surface area contributed by atoms with Crippen molar-refractivity contribution in [2.45, 2.75) is 38.9 Å². The topological polar surface area (TPSA) is 60.9 Å². The number of aromatic nitrogens is 1. The summed E-state index contributed by atoms with van der Waals surface area (Å²) in [5.74, 6) is 2.14. The van der Waals surface area contributed by atoms with Gasteiger partial charge in [0.1, 0.15) is 17.5 Å². The van der Waals surface area contributed by atoms with Crippen LogP contribution in [0, 0.1) is 5.82 Å². The summed E-state index contributed by atoms with van der Waals surface area (Å²) in [5, 5.41) is 3.17. The average Bonchev–Trinajstić information content (AvgIpc) is 2.70. The second kappa shape index (κ2) is 9.62. The van der Waals surface area contributed by atoms with E-state index in [0.29, 0.717) is 13.1 Å². The highest BCUT2D eigenvalue weighted by molar-refractivity contribution is 6.74. The van der Waals surface area contributed by atoms with Crippen LogP contribution in [0.25, 0.3) is 0 Å². The number of pyridine rings is 1. The zero-order valence-corrected chi connectivity index (χ0v) is 21.1. The van der Waals surface area contributed by atoms with Gasteiger partial charge in [-0.25, -0.2) is 9.37 Å². The minimum absolute atomic E-state index is 0.0291. The first-order chi connectivity index (χ1) is 14.9. The summed E-state index contributed by atoms with van der Waals surface area (Å²) in [6, 6.07) is 3.12. The van der Waals surface area contributed by atoms with E-state index >= 15 is 0 Å². The summed E-state index contributed by atoms with van der Waals surface area (Å²) in [5.41, 5.74) is 0. The summed E-state index contributed by atoms with van der Waals surface area (Å²) >= 11 is 0. The number of allylic oxidation sites excluding steroid dienone is 2. The van der Waals surface area contributed by atoms with Gasteiger partial charge in [-0.1, -0.05) is 20.8 Å². The number of rotatable bonds is 6. The van der Waals surface area contributed by atoms with Crippen LogP contribution in [0.4, 0.5) is 10.2 Å². The maximum Gasteiger partial charge on any atom is 0.250 e. The van der Waals surface area contributed by atoms with E-state index < -0.39 is 8.32 Å². The Morgan fingerprint density at radius 1 is 1.19 bits per heavy atom. The van der Waals surface area contributed by atoms with Crippen molar-refractivity contribution < 1.29 is 13.6 Å². The molecule has 9 heteroatoms. The molecule has 3 rings (SSSR count). The first-order valence-electron chi connectivity index (χ1n) is 11.1. The molecule has 1 N–H and O–H groups in total. The van der Waals surface area contributed by atoms with Crippen LogP contribution in [-0.4, -0.2) is 75.3 Å². The van der Waals surface area contributed by atoms with E-state index in [1.54, 1.807) is 6.07 Å². The Labute approximate surface area is 192 Å². The number of anilines is 1. The molecule has 7 nitrogen and oxygen atoms in total. The van der Waals surface area contributed by atoms with Crippen molar-refractivity contribution in [3.8, 4) is 0 Å². The molecule has 1 aromatic heterocycles. The molecule has 32 heavy (non-hydrogen) atoms. The first-order valence-corrected chi connectivity index (χ1v) is 14.1. The Bertz CT molecular complexity index is 871. The molecule has 1 amide bonds. The van der Waals surface area contributed by atoms with Crippen molar-refractivity contribution >= 4 is 20.0 Å². The molecule has 2 aliphatic rings. The summed E-state index contributed by atoms with van der Waals surface area (Å²) in [6.07, 6.45) is 5.13. The number of carbonyl (C=O) groups excluding carboxylic acids is 1. The molecule has 0 bridgehead atoms. The highest BCUT2D eigenvalue weighted by Gasteiger charge is 2.39. The lowest BCUT2D eigenvalue weighted by molar-refractivity contribution is -0.122. The van der Waals surface area contributed by atoms with Crippen molar-refractivity contribution in [2.75, 3.05) is 51.2 Å². The zero-order valence-electron chi connectivity index (χ0n) is 20.1. The minimum atomic E-state index is -1.88. The van der Waals surface area contributed by atoms with Crippen LogP contribution in [0.2, 0.25) is 18.1 Å². The van der Waals surface area contributed by atoms with Crippen molar-refractivity contribution in [1.29, 1.82) is 0 Å². The number of amides is 1. The zero-order chi connectivity index (χ0) is 23.5. The molecule has 2 aliphatic heterocycles. The molecule has 0 spiro atoms. The molecule has 0 aromatic carbocycles. The average molecular weight is 462 g/mol. The van der Waals surface area contributed by atoms with Gasteiger partial charge in [-0.15, -0.1) is 0 Å². The van der Waals surface area contributed by atoms with E-state index in [1.807, 2.05) is 24.1 Å². The van der Waals surface area contributed by atoms with Gasteiger partial charge in [-0.3, -0.25) is 9.69 Å². The van der Waals surface area contributed by atoms with Crippen LogP contribution in [0.15, 0.2) is 42.1 Å². The molecule has 0 radical (unpaired) electrons. The van der Waals surface area contributed by atoms with Crippen LogP contribution in [0.3, 0.4) is 0 Å². The molecule has 0 atom stereocenters. The Hall–Kier alpha value is -2.39. The molecule has 176 valence electrons. The van der Waals surface area contributed by atoms with E-state index in [0.717, 1.165) is 43.6 Å². The third-order valence-corrected chi connectivity index (χ3v) is 10.9. The Balaban J connectivity index is 1.49. The fourth-order valence-corrected chi connectivity index (χ4v) is 4.52. The van der Waals surface area contributed by atoms with Crippen LogP contribution in [0.1, 0.15) is 20.8 Å². The number of hydrogen-bond acceptors (Lipinski definition) is 6. The fraction of sp³-hybridized carbons (Fsp3) is 0.565. The lowest BCUT2D eigenvalue weighted by atomic mass is 10.2. The number of carbonyl (C=O) groups is 1. The minimum Gasteiger partial charge on any atom is -0.545 e. The molecule has 1 aromatic rings. The third kappa shape index (κ3) is 6.10. The van der Waals surface area contributed by atoms with E-state index in [2.05, 4.69) is 54.0 Å². The van der Waals surface area contributed by atoms with Crippen molar-refractivity contribution in [1.82, 2.24) is 20.1 Å². The van der Waals surface area contributed by atoms with Gasteiger partial charge in [-0.05, 0) is 42.4 Å². The van der Waals surface area contributed by atoms with Crippen LogP contribution < -0.4 is 10.2 Å². The Morgan fingerprint density at radius 2 is 1.88 bits per heavy atom. The van der Waals surface area contributed by atoms with Gasteiger partial charge >= 0.3 is 0 Å². The van der Waals surface area contributed by atoms with E-state index in [-0.39, 0.29) is 16.8 Å². The number of hydrogen-bond donors (Lipinski definition) is 1. The molecule has 0 unspecified atom stereocenters. The predicted molar refractivity (Wildman–Crippen MR) is 128 cm³/mol. The van der Waals surface area contributed by atoms with Gasteiger partial charge < -0.3 is 19.5 Å². The van der Waals surface area contributed by atoms with Crippen molar-refractivity contribution in [3.63, 3.8) is 0 Å². The number of likely N-dealkylation sites (N-methyl/N-ethyl adjacent to an activating group) is 1. The summed E-state index contributed by atoms with van der Waals surface area (Å²) in [4.78, 5) is 23.0. The normalized spacial score (nSPS) is 18.2. The molecular weight excluding hydrogens is 425 g/mol. The Kier molecular flexibility index (Phi) is 7.29. The van der Waals surface area contributed by atoms with Gasteiger partial charge in [0.15, 0.2) is 0 Å². The molecule has 3 heterocycles. The van der Waals surface area contributed by atoms with Crippen molar-refractivity contribution in [3.05, 3.63) is 47.9 Å². The predicted octanol–water partition coefficient (Wildman–Crippen LogP) is 3.15. The van der Waals surface area contributed by atoms with Gasteiger partial charge in [0.2, 0.25) is 14.2 Å². The lowest BCUT2D eigenvalue weighted by Crippen LogP contribution is -2.50. The monoisotopic (exact) mass is 461 g/mol. The standard InChI is InChI=1S/C23H36FN5O2Si/c1-23(2,3)32(5,6)31-19-8-10-21(27(4)16-19)26-22(30)17-28-11-13-29(14-12-28)20-9-7-18(24)15-25-20/h7-10,15H,11-14,16-17H2,1-6H3,(H,26,30). The highest BCUT2D eigenvalue weighted by atomic mass is 28.4. The van der Waals surface area contributed by atoms with Crippen LogP contribution in [-0.2, 0) is 9.22 Å². The lowest BCUT2D eigenvalue weighted by Gasteiger charge is -2.39. The fourth-order valence-electron chi connectivity index (χ4n) is 3.43. The maximum absolute atomic E-state index is 13.1. The number of piperazine rings is 1. The first kappa shape index (κ1) is 24.3. The summed E-state index contributed by atoms with van der Waals surface area (Å²) < 4.78 is 19.5. The van der Waals surface area contributed by atoms with Gasteiger partial charge in [-0.2, -0.15) is 0 Å². The molecular formula is C23H36FN5O2Si. The molecule has 1 saturated heterocycles. The van der Waals surface area contributed by atoms with E-state index in [1.165, 1.54) is 12.3 Å². The van der Waals surface area contributed by atoms with E-state index in [4.69, 9.17) is 4.43 Å². The van der Waals surface area contributed by atoms with Crippen LogP contribution >= 0.6 is 0 Å². The number of nitrogens with one attached hydrogen (secondary N) is 1. The SMILES string of the molecule is CN1CC(O[Si](C)(C)C(C)(C)C)=CC=C1NC(=O)CN1CCN(c2ccc(F)cn2)CC1. The smallest absolute Gasteiger partial charge is 0.250 e. The number of halogens is 1. The third-order valence-electron chi connectivity index (χ3n) is 6.47. The Morgan fingerprint density at radius 3 is 2.44 bits per heavy atom. The van der Waals surface area contributed by atoms with Gasteiger partial charge in [0, 0.05) is 33.2 Å². The summed E-state index contributed by atoms with van der Waals surface area (Å²) in [6.45, 7) is 15.2. The largest absolute Gasteiger partial charge is 0.545 e. The molecule has 0 saturated carbocycles. The second-order valence-electron chi connectivity index (χ2n) is 10.0.